The number of benzene rings is 2. The molecule has 0 radical (unpaired) electrons. The number of carbonyl (C=O) groups is 1. The number of rotatable bonds is 4. The van der Waals surface area contributed by atoms with Gasteiger partial charge in [0.1, 0.15) is 10.8 Å². The van der Waals surface area contributed by atoms with Crippen LogP contribution in [0.3, 0.4) is 0 Å². The molecule has 0 saturated heterocycles. The van der Waals surface area contributed by atoms with Gasteiger partial charge in [0.2, 0.25) is 6.79 Å². The molecule has 0 fully saturated rings. The zero-order valence-corrected chi connectivity index (χ0v) is 13.7. The molecule has 3 rings (SSSR count). The van der Waals surface area contributed by atoms with Crippen molar-refractivity contribution < 1.29 is 19.0 Å². The smallest absolute Gasteiger partial charge is 0.253 e. The second-order valence-corrected chi connectivity index (χ2v) is 5.57. The number of amides is 1. The van der Waals surface area contributed by atoms with Gasteiger partial charge in [0, 0.05) is 6.54 Å². The highest BCUT2D eigenvalue weighted by molar-refractivity contribution is 6.44. The van der Waals surface area contributed by atoms with Crippen LogP contribution in [0.1, 0.15) is 15.9 Å². The molecule has 0 aromatic heterocycles. The Morgan fingerprint density at radius 2 is 1.96 bits per heavy atom. The number of ether oxygens (including phenoxy) is 3. The molecule has 0 saturated carbocycles. The van der Waals surface area contributed by atoms with Crippen LogP contribution in [-0.4, -0.2) is 19.8 Å². The molecule has 0 spiro atoms. The van der Waals surface area contributed by atoms with Crippen molar-refractivity contribution in [1.29, 1.82) is 0 Å². The van der Waals surface area contributed by atoms with E-state index in [0.717, 1.165) is 5.56 Å². The molecule has 23 heavy (non-hydrogen) atoms. The van der Waals surface area contributed by atoms with E-state index in [1.807, 2.05) is 12.1 Å². The summed E-state index contributed by atoms with van der Waals surface area (Å²) in [4.78, 5) is 12.3. The topological polar surface area (TPSA) is 56.8 Å². The third kappa shape index (κ3) is 3.16. The lowest BCUT2D eigenvalue weighted by Crippen LogP contribution is -2.23. The van der Waals surface area contributed by atoms with E-state index in [0.29, 0.717) is 29.4 Å². The predicted molar refractivity (Wildman–Crippen MR) is 86.7 cm³/mol. The summed E-state index contributed by atoms with van der Waals surface area (Å²) in [6.45, 7) is 0.542. The lowest BCUT2D eigenvalue weighted by atomic mass is 10.1. The van der Waals surface area contributed by atoms with Crippen LogP contribution in [-0.2, 0) is 6.54 Å². The van der Waals surface area contributed by atoms with Gasteiger partial charge in [0.05, 0.1) is 17.7 Å². The van der Waals surface area contributed by atoms with Crippen LogP contribution in [0.5, 0.6) is 17.2 Å². The number of nitrogens with one attached hydrogen (secondary N) is 1. The fourth-order valence-electron chi connectivity index (χ4n) is 2.19. The van der Waals surface area contributed by atoms with Crippen LogP contribution < -0.4 is 19.5 Å². The zero-order valence-electron chi connectivity index (χ0n) is 12.2. The maximum absolute atomic E-state index is 12.3. The SMILES string of the molecule is COc1ccc(C(=O)NCc2ccc3c(c2)OCO3)c(Cl)c1Cl. The summed E-state index contributed by atoms with van der Waals surface area (Å²) in [5.74, 6) is 1.47. The highest BCUT2D eigenvalue weighted by atomic mass is 35.5. The van der Waals surface area contributed by atoms with Crippen LogP contribution in [0, 0.1) is 0 Å². The lowest BCUT2D eigenvalue weighted by Gasteiger charge is -2.10. The van der Waals surface area contributed by atoms with Crippen LogP contribution in [0.15, 0.2) is 30.3 Å². The quantitative estimate of drug-likeness (QED) is 0.911. The van der Waals surface area contributed by atoms with Gasteiger partial charge in [-0.25, -0.2) is 0 Å². The Labute approximate surface area is 143 Å². The molecule has 1 amide bonds. The molecule has 1 aliphatic rings. The van der Waals surface area contributed by atoms with E-state index >= 15 is 0 Å². The normalized spacial score (nSPS) is 12.1. The largest absolute Gasteiger partial charge is 0.495 e. The van der Waals surface area contributed by atoms with Gasteiger partial charge in [0.15, 0.2) is 11.5 Å². The first-order valence-corrected chi connectivity index (χ1v) is 7.54. The minimum Gasteiger partial charge on any atom is -0.495 e. The van der Waals surface area contributed by atoms with E-state index in [-0.39, 0.29) is 22.7 Å². The van der Waals surface area contributed by atoms with E-state index in [1.54, 1.807) is 18.2 Å². The van der Waals surface area contributed by atoms with E-state index < -0.39 is 0 Å². The highest BCUT2D eigenvalue weighted by Gasteiger charge is 2.17. The highest BCUT2D eigenvalue weighted by Crippen LogP contribution is 2.35. The van der Waals surface area contributed by atoms with Crippen molar-refractivity contribution in [1.82, 2.24) is 5.32 Å². The van der Waals surface area contributed by atoms with E-state index in [2.05, 4.69) is 5.32 Å². The van der Waals surface area contributed by atoms with Crippen molar-refractivity contribution in [2.45, 2.75) is 6.54 Å². The van der Waals surface area contributed by atoms with Crippen molar-refractivity contribution in [2.75, 3.05) is 13.9 Å². The number of carbonyl (C=O) groups excluding carboxylic acids is 1. The molecular weight excluding hydrogens is 341 g/mol. The fourth-order valence-corrected chi connectivity index (χ4v) is 2.68. The Bertz CT molecular complexity index is 764. The molecule has 5 nitrogen and oxygen atoms in total. The Balaban J connectivity index is 1.71. The van der Waals surface area contributed by atoms with Gasteiger partial charge in [0.25, 0.3) is 5.91 Å². The molecule has 1 N–H and O–H groups in total. The first-order valence-electron chi connectivity index (χ1n) is 6.79. The summed E-state index contributed by atoms with van der Waals surface area (Å²) >= 11 is 12.2. The zero-order chi connectivity index (χ0) is 16.4. The van der Waals surface area contributed by atoms with Crippen LogP contribution >= 0.6 is 23.2 Å². The summed E-state index contributed by atoms with van der Waals surface area (Å²) < 4.78 is 15.6. The van der Waals surface area contributed by atoms with Crippen LogP contribution in [0.4, 0.5) is 0 Å². The molecular formula is C16H13Cl2NO4. The average Bonchev–Trinajstić information content (AvgIpc) is 3.02. The summed E-state index contributed by atoms with van der Waals surface area (Å²) in [5.41, 5.74) is 1.18. The van der Waals surface area contributed by atoms with Gasteiger partial charge in [-0.3, -0.25) is 4.79 Å². The summed E-state index contributed by atoms with van der Waals surface area (Å²) in [7, 11) is 1.48. The second-order valence-electron chi connectivity index (χ2n) is 4.81. The molecule has 2 aromatic rings. The Morgan fingerprint density at radius 1 is 1.17 bits per heavy atom. The predicted octanol–water partition coefficient (Wildman–Crippen LogP) is 3.66. The van der Waals surface area contributed by atoms with E-state index in [9.17, 15) is 4.79 Å². The summed E-state index contributed by atoms with van der Waals surface area (Å²) in [6, 6.07) is 8.66. The van der Waals surface area contributed by atoms with Gasteiger partial charge in [-0.1, -0.05) is 29.3 Å². The Hall–Kier alpha value is -2.11. The molecule has 1 heterocycles. The second kappa shape index (κ2) is 6.56. The fraction of sp³-hybridized carbons (Fsp3) is 0.188. The van der Waals surface area contributed by atoms with Crippen LogP contribution in [0.25, 0.3) is 0 Å². The molecule has 120 valence electrons. The third-order valence-electron chi connectivity index (χ3n) is 3.40. The summed E-state index contributed by atoms with van der Waals surface area (Å²) in [5, 5.41) is 3.17. The number of fused-ring (bicyclic) bond motifs is 1. The van der Waals surface area contributed by atoms with Gasteiger partial charge in [-0.2, -0.15) is 0 Å². The van der Waals surface area contributed by atoms with Crippen molar-refractivity contribution in [3.05, 3.63) is 51.5 Å². The maximum Gasteiger partial charge on any atom is 0.253 e. The number of halogens is 2. The average molecular weight is 354 g/mol. The molecule has 7 heteroatoms. The minimum atomic E-state index is -0.322. The van der Waals surface area contributed by atoms with E-state index in [1.165, 1.54) is 7.11 Å². The molecule has 1 aliphatic heterocycles. The summed E-state index contributed by atoms with van der Waals surface area (Å²) in [6.07, 6.45) is 0. The van der Waals surface area contributed by atoms with Gasteiger partial charge < -0.3 is 19.5 Å². The van der Waals surface area contributed by atoms with Crippen molar-refractivity contribution >= 4 is 29.1 Å². The number of hydrogen-bond donors (Lipinski definition) is 1. The van der Waals surface area contributed by atoms with Gasteiger partial charge in [-0.15, -0.1) is 0 Å². The number of methoxy groups -OCH3 is 1. The van der Waals surface area contributed by atoms with Crippen molar-refractivity contribution in [3.8, 4) is 17.2 Å². The standard InChI is InChI=1S/C16H13Cl2NO4/c1-21-12-5-3-10(14(17)15(12)18)16(20)19-7-9-2-4-11-13(6-9)23-8-22-11/h2-6H,7-8H2,1H3,(H,19,20). The number of hydrogen-bond acceptors (Lipinski definition) is 4. The monoisotopic (exact) mass is 353 g/mol. The van der Waals surface area contributed by atoms with Gasteiger partial charge >= 0.3 is 0 Å². The first-order chi connectivity index (χ1) is 11.1. The first kappa shape index (κ1) is 15.8. The lowest BCUT2D eigenvalue weighted by molar-refractivity contribution is 0.0951. The van der Waals surface area contributed by atoms with Gasteiger partial charge in [-0.05, 0) is 29.8 Å². The van der Waals surface area contributed by atoms with Crippen molar-refractivity contribution in [3.63, 3.8) is 0 Å². The molecule has 0 aliphatic carbocycles. The van der Waals surface area contributed by atoms with E-state index in [4.69, 9.17) is 37.4 Å². The third-order valence-corrected chi connectivity index (χ3v) is 4.27. The van der Waals surface area contributed by atoms with Crippen LogP contribution in [0.2, 0.25) is 10.0 Å². The maximum atomic E-state index is 12.3. The minimum absolute atomic E-state index is 0.161. The molecule has 0 atom stereocenters. The Morgan fingerprint density at radius 3 is 2.74 bits per heavy atom. The molecule has 2 aromatic carbocycles. The molecule has 0 bridgehead atoms. The van der Waals surface area contributed by atoms with Crippen molar-refractivity contribution in [2.24, 2.45) is 0 Å². The Kier molecular flexibility index (Phi) is 4.50. The molecule has 0 unspecified atom stereocenters.